The highest BCUT2D eigenvalue weighted by Gasteiger charge is 2.26. The highest BCUT2D eigenvalue weighted by Crippen LogP contribution is 2.31. The maximum absolute atomic E-state index is 12.5. The summed E-state index contributed by atoms with van der Waals surface area (Å²) in [5.41, 5.74) is 1.83. The summed E-state index contributed by atoms with van der Waals surface area (Å²) in [7, 11) is 0. The molecule has 0 aliphatic carbocycles. The number of nitrogens with zero attached hydrogens (tertiary/aromatic N) is 5. The number of anilines is 1. The fourth-order valence-electron chi connectivity index (χ4n) is 2.59. The molecule has 4 rings (SSSR count). The first-order valence-corrected chi connectivity index (χ1v) is 8.23. The molecular formula is C15H11F2N5O2S. The van der Waals surface area contributed by atoms with E-state index in [1.54, 1.807) is 17.3 Å². The molecule has 1 aliphatic heterocycles. The average Bonchev–Trinajstić information content (AvgIpc) is 3.26. The molecule has 0 spiro atoms. The van der Waals surface area contributed by atoms with Crippen molar-refractivity contribution in [3.05, 3.63) is 41.1 Å². The summed E-state index contributed by atoms with van der Waals surface area (Å²) >= 11 is 1.21. The third kappa shape index (κ3) is 3.00. The van der Waals surface area contributed by atoms with Gasteiger partial charge in [-0.2, -0.15) is 8.78 Å². The molecule has 0 N–H and O–H groups in total. The Labute approximate surface area is 144 Å². The molecule has 0 atom stereocenters. The molecule has 7 nitrogen and oxygen atoms in total. The van der Waals surface area contributed by atoms with E-state index in [4.69, 9.17) is 4.42 Å². The number of thiazole rings is 1. The monoisotopic (exact) mass is 363 g/mol. The van der Waals surface area contributed by atoms with Crippen molar-refractivity contribution >= 4 is 22.9 Å². The van der Waals surface area contributed by atoms with Crippen LogP contribution in [-0.2, 0) is 17.8 Å². The molecule has 4 heterocycles. The van der Waals surface area contributed by atoms with Crippen LogP contribution in [0.15, 0.2) is 29.1 Å². The molecular weight excluding hydrogens is 352 g/mol. The molecule has 3 aromatic heterocycles. The van der Waals surface area contributed by atoms with Crippen LogP contribution < -0.4 is 4.90 Å². The van der Waals surface area contributed by atoms with Gasteiger partial charge in [-0.15, -0.1) is 21.5 Å². The summed E-state index contributed by atoms with van der Waals surface area (Å²) in [6.07, 6.45) is 3.13. The first-order chi connectivity index (χ1) is 12.1. The van der Waals surface area contributed by atoms with Gasteiger partial charge in [0.15, 0.2) is 0 Å². The number of halogens is 2. The molecule has 1 amide bonds. The molecule has 0 aromatic carbocycles. The first kappa shape index (κ1) is 15.8. The van der Waals surface area contributed by atoms with E-state index >= 15 is 0 Å². The van der Waals surface area contributed by atoms with E-state index in [0.717, 1.165) is 11.3 Å². The van der Waals surface area contributed by atoms with Gasteiger partial charge in [-0.05, 0) is 18.1 Å². The van der Waals surface area contributed by atoms with Crippen LogP contribution in [0, 0.1) is 0 Å². The zero-order chi connectivity index (χ0) is 17.4. The minimum absolute atomic E-state index is 0.00460. The predicted octanol–water partition coefficient (Wildman–Crippen LogP) is 3.01. The lowest BCUT2D eigenvalue weighted by atomic mass is 10.0. The molecule has 0 saturated heterocycles. The predicted molar refractivity (Wildman–Crippen MR) is 84.1 cm³/mol. The Morgan fingerprint density at radius 3 is 2.96 bits per heavy atom. The van der Waals surface area contributed by atoms with Gasteiger partial charge >= 0.3 is 6.43 Å². The largest absolute Gasteiger partial charge is 0.414 e. The molecule has 3 aromatic rings. The first-order valence-electron chi connectivity index (χ1n) is 7.41. The van der Waals surface area contributed by atoms with Crippen molar-refractivity contribution in [2.24, 2.45) is 0 Å². The van der Waals surface area contributed by atoms with Gasteiger partial charge in [-0.3, -0.25) is 9.78 Å². The van der Waals surface area contributed by atoms with Crippen LogP contribution in [0.3, 0.4) is 0 Å². The standard InChI is InChI=1S/C15H11F2N5O2S/c16-13(17)15-21-20-14(24-15)10-6-19-11(25-10)7-22-9-5-18-4-3-8(9)1-2-12(22)23/h3-6,13H,1-2,7H2. The minimum atomic E-state index is -2.82. The Bertz CT molecular complexity index is 926. The van der Waals surface area contributed by atoms with Crippen LogP contribution in [0.4, 0.5) is 14.5 Å². The van der Waals surface area contributed by atoms with Crippen LogP contribution in [0.5, 0.6) is 0 Å². The summed E-state index contributed by atoms with van der Waals surface area (Å²) in [6, 6.07) is 1.90. The summed E-state index contributed by atoms with van der Waals surface area (Å²) in [5.74, 6) is -0.739. The molecule has 0 radical (unpaired) electrons. The van der Waals surface area contributed by atoms with Gasteiger partial charge in [0.25, 0.3) is 11.8 Å². The van der Waals surface area contributed by atoms with E-state index in [2.05, 4.69) is 20.2 Å². The fourth-order valence-corrected chi connectivity index (χ4v) is 3.42. The second kappa shape index (κ2) is 6.28. The van der Waals surface area contributed by atoms with Crippen LogP contribution in [0.2, 0.25) is 0 Å². The maximum atomic E-state index is 12.5. The second-order valence-electron chi connectivity index (χ2n) is 5.35. The second-order valence-corrected chi connectivity index (χ2v) is 6.46. The van der Waals surface area contributed by atoms with Crippen molar-refractivity contribution in [2.45, 2.75) is 25.8 Å². The number of hydrogen-bond donors (Lipinski definition) is 0. The lowest BCUT2D eigenvalue weighted by Gasteiger charge is -2.28. The van der Waals surface area contributed by atoms with E-state index < -0.39 is 12.3 Å². The van der Waals surface area contributed by atoms with Gasteiger partial charge < -0.3 is 9.32 Å². The molecule has 128 valence electrons. The zero-order valence-electron chi connectivity index (χ0n) is 12.7. The number of fused-ring (bicyclic) bond motifs is 1. The number of aryl methyl sites for hydroxylation is 1. The third-order valence-corrected chi connectivity index (χ3v) is 4.74. The molecule has 1 aliphatic rings. The summed E-state index contributed by atoms with van der Waals surface area (Å²) in [5, 5.41) is 7.54. The van der Waals surface area contributed by atoms with Gasteiger partial charge in [0.2, 0.25) is 5.91 Å². The number of alkyl halides is 2. The number of rotatable bonds is 4. The highest BCUT2D eigenvalue weighted by atomic mass is 32.1. The van der Waals surface area contributed by atoms with E-state index in [1.165, 1.54) is 17.5 Å². The smallest absolute Gasteiger partial charge is 0.314 e. The van der Waals surface area contributed by atoms with Crippen molar-refractivity contribution in [1.82, 2.24) is 20.2 Å². The number of carbonyl (C=O) groups excluding carboxylic acids is 1. The van der Waals surface area contributed by atoms with Gasteiger partial charge in [-0.25, -0.2) is 4.98 Å². The van der Waals surface area contributed by atoms with E-state index in [-0.39, 0.29) is 18.3 Å². The number of hydrogen-bond acceptors (Lipinski definition) is 7. The lowest BCUT2D eigenvalue weighted by Crippen LogP contribution is -2.34. The third-order valence-electron chi connectivity index (χ3n) is 3.77. The van der Waals surface area contributed by atoms with Crippen molar-refractivity contribution in [1.29, 1.82) is 0 Å². The number of carbonyl (C=O) groups is 1. The van der Waals surface area contributed by atoms with Crippen molar-refractivity contribution in [2.75, 3.05) is 4.90 Å². The van der Waals surface area contributed by atoms with Gasteiger partial charge in [-0.1, -0.05) is 0 Å². The Balaban J connectivity index is 1.58. The zero-order valence-corrected chi connectivity index (χ0v) is 13.5. The normalized spacial score (nSPS) is 14.2. The Morgan fingerprint density at radius 1 is 1.28 bits per heavy atom. The van der Waals surface area contributed by atoms with Crippen LogP contribution in [0.1, 0.15) is 29.3 Å². The van der Waals surface area contributed by atoms with Crippen molar-refractivity contribution in [3.63, 3.8) is 0 Å². The number of aromatic nitrogens is 4. The average molecular weight is 363 g/mol. The summed E-state index contributed by atoms with van der Waals surface area (Å²) in [6.45, 7) is 0.276. The van der Waals surface area contributed by atoms with Crippen molar-refractivity contribution in [3.8, 4) is 10.8 Å². The number of pyridine rings is 1. The maximum Gasteiger partial charge on any atom is 0.314 e. The van der Waals surface area contributed by atoms with E-state index in [9.17, 15) is 13.6 Å². The van der Waals surface area contributed by atoms with Crippen LogP contribution in [-0.4, -0.2) is 26.1 Å². The Hall–Kier alpha value is -2.75. The van der Waals surface area contributed by atoms with Crippen molar-refractivity contribution < 1.29 is 18.0 Å². The molecule has 25 heavy (non-hydrogen) atoms. The summed E-state index contributed by atoms with van der Waals surface area (Å²) in [4.78, 5) is 22.7. The molecule has 0 unspecified atom stereocenters. The highest BCUT2D eigenvalue weighted by molar-refractivity contribution is 7.15. The molecule has 0 saturated carbocycles. The van der Waals surface area contributed by atoms with Crippen LogP contribution in [0.25, 0.3) is 10.8 Å². The Morgan fingerprint density at radius 2 is 2.16 bits per heavy atom. The minimum Gasteiger partial charge on any atom is -0.414 e. The summed E-state index contributed by atoms with van der Waals surface area (Å²) < 4.78 is 30.0. The molecule has 0 fully saturated rings. The van der Waals surface area contributed by atoms with Crippen LogP contribution >= 0.6 is 11.3 Å². The molecule has 0 bridgehead atoms. The number of amides is 1. The van der Waals surface area contributed by atoms with Gasteiger partial charge in [0.05, 0.1) is 24.6 Å². The topological polar surface area (TPSA) is 85.0 Å². The quantitative estimate of drug-likeness (QED) is 0.708. The van der Waals surface area contributed by atoms with Gasteiger partial charge in [0.1, 0.15) is 9.88 Å². The van der Waals surface area contributed by atoms with E-state index in [0.29, 0.717) is 22.7 Å². The SMILES string of the molecule is O=C1CCc2ccncc2N1Cc1ncc(-c2nnc(C(F)F)o2)s1. The lowest BCUT2D eigenvalue weighted by molar-refractivity contribution is -0.119. The Kier molecular flexibility index (Phi) is 3.96. The van der Waals surface area contributed by atoms with E-state index in [1.807, 2.05) is 6.07 Å². The van der Waals surface area contributed by atoms with Gasteiger partial charge in [0, 0.05) is 12.6 Å². The molecule has 10 heteroatoms. The fraction of sp³-hybridized carbons (Fsp3) is 0.267.